The van der Waals surface area contributed by atoms with Crippen LogP contribution in [0.15, 0.2) is 30.6 Å². The zero-order valence-corrected chi connectivity index (χ0v) is 11.1. The monoisotopic (exact) mass is 242 g/mol. The van der Waals surface area contributed by atoms with E-state index in [9.17, 15) is 4.79 Å². The molecule has 0 aliphatic carbocycles. The molecular formula is C15H18N2O. The molecule has 0 radical (unpaired) electrons. The van der Waals surface area contributed by atoms with E-state index in [4.69, 9.17) is 0 Å². The van der Waals surface area contributed by atoms with Crippen molar-refractivity contribution >= 4 is 6.29 Å². The molecule has 1 heterocycles. The van der Waals surface area contributed by atoms with Crippen LogP contribution in [-0.2, 0) is 7.05 Å². The lowest BCUT2D eigenvalue weighted by Crippen LogP contribution is -1.95. The van der Waals surface area contributed by atoms with Gasteiger partial charge in [-0.25, -0.2) is 4.98 Å². The number of nitrogens with zero attached hydrogens (tertiary/aromatic N) is 2. The van der Waals surface area contributed by atoms with E-state index in [1.807, 2.05) is 11.6 Å². The Kier molecular flexibility index (Phi) is 3.60. The Labute approximate surface area is 107 Å². The molecule has 0 amide bonds. The first kappa shape index (κ1) is 12.6. The lowest BCUT2D eigenvalue weighted by molar-refractivity contribution is 0.112. The lowest BCUT2D eigenvalue weighted by Gasteiger charge is -2.10. The maximum absolute atomic E-state index is 11.0. The second-order valence-corrected chi connectivity index (χ2v) is 4.64. The van der Waals surface area contributed by atoms with Crippen molar-refractivity contribution in [3.63, 3.8) is 0 Å². The molecule has 1 aromatic heterocycles. The molecule has 0 aliphatic rings. The third-order valence-corrected chi connectivity index (χ3v) is 3.44. The molecule has 0 saturated heterocycles. The maximum atomic E-state index is 11.0. The summed E-state index contributed by atoms with van der Waals surface area (Å²) >= 11 is 0. The van der Waals surface area contributed by atoms with E-state index in [0.29, 0.717) is 11.6 Å². The van der Waals surface area contributed by atoms with Crippen LogP contribution < -0.4 is 0 Å². The summed E-state index contributed by atoms with van der Waals surface area (Å²) in [5.41, 5.74) is 3.73. The highest BCUT2D eigenvalue weighted by Gasteiger charge is 2.11. The minimum Gasteiger partial charge on any atom is -0.333 e. The number of rotatable bonds is 4. The van der Waals surface area contributed by atoms with E-state index in [0.717, 1.165) is 24.0 Å². The summed E-state index contributed by atoms with van der Waals surface area (Å²) in [5, 5.41) is 0. The van der Waals surface area contributed by atoms with Gasteiger partial charge in [-0.15, -0.1) is 0 Å². The summed E-state index contributed by atoms with van der Waals surface area (Å²) in [6, 6.07) is 8.38. The van der Waals surface area contributed by atoms with Gasteiger partial charge in [0.25, 0.3) is 0 Å². The fourth-order valence-corrected chi connectivity index (χ4v) is 2.09. The van der Waals surface area contributed by atoms with E-state index < -0.39 is 0 Å². The van der Waals surface area contributed by atoms with Crippen LogP contribution in [0.3, 0.4) is 0 Å². The molecular weight excluding hydrogens is 224 g/mol. The van der Waals surface area contributed by atoms with Crippen LogP contribution in [0, 0.1) is 0 Å². The van der Waals surface area contributed by atoms with Crippen molar-refractivity contribution in [1.82, 2.24) is 9.55 Å². The maximum Gasteiger partial charge on any atom is 0.170 e. The third-order valence-electron chi connectivity index (χ3n) is 3.44. The van der Waals surface area contributed by atoms with Crippen LogP contribution in [0.25, 0.3) is 11.3 Å². The predicted molar refractivity (Wildman–Crippen MR) is 72.7 cm³/mol. The van der Waals surface area contributed by atoms with Crippen molar-refractivity contribution < 1.29 is 4.79 Å². The molecule has 3 nitrogen and oxygen atoms in total. The normalized spacial score (nSPS) is 12.4. The number of aryl methyl sites for hydroxylation is 1. The summed E-state index contributed by atoms with van der Waals surface area (Å²) in [4.78, 5) is 15.0. The Morgan fingerprint density at radius 1 is 1.33 bits per heavy atom. The van der Waals surface area contributed by atoms with Gasteiger partial charge in [0.1, 0.15) is 5.69 Å². The SMILES string of the molecule is CCC(C)c1ccc(-c2c(C=O)ncn2C)cc1. The fourth-order valence-electron chi connectivity index (χ4n) is 2.09. The molecule has 0 saturated carbocycles. The van der Waals surface area contributed by atoms with Gasteiger partial charge in [-0.05, 0) is 17.9 Å². The molecule has 3 heteroatoms. The molecule has 1 unspecified atom stereocenters. The van der Waals surface area contributed by atoms with E-state index >= 15 is 0 Å². The Balaban J connectivity index is 2.40. The van der Waals surface area contributed by atoms with Gasteiger partial charge in [-0.3, -0.25) is 4.79 Å². The average Bonchev–Trinajstić information content (AvgIpc) is 2.79. The molecule has 0 aliphatic heterocycles. The minimum absolute atomic E-state index is 0.494. The van der Waals surface area contributed by atoms with E-state index in [1.54, 1.807) is 6.33 Å². The van der Waals surface area contributed by atoms with Crippen molar-refractivity contribution in [3.05, 3.63) is 41.9 Å². The van der Waals surface area contributed by atoms with Crippen molar-refractivity contribution in [2.45, 2.75) is 26.2 Å². The molecule has 0 fully saturated rings. The zero-order chi connectivity index (χ0) is 13.1. The van der Waals surface area contributed by atoms with Gasteiger partial charge in [0.2, 0.25) is 0 Å². The number of benzene rings is 1. The highest BCUT2D eigenvalue weighted by atomic mass is 16.1. The highest BCUT2D eigenvalue weighted by Crippen LogP contribution is 2.25. The number of imidazole rings is 1. The molecule has 0 bridgehead atoms. The van der Waals surface area contributed by atoms with Crippen LogP contribution in [0.2, 0.25) is 0 Å². The Hall–Kier alpha value is -1.90. The van der Waals surface area contributed by atoms with Crippen LogP contribution in [0.4, 0.5) is 0 Å². The number of aromatic nitrogens is 2. The van der Waals surface area contributed by atoms with Gasteiger partial charge in [0.15, 0.2) is 6.29 Å². The van der Waals surface area contributed by atoms with Crippen molar-refractivity contribution in [1.29, 1.82) is 0 Å². The molecule has 1 aromatic carbocycles. The molecule has 0 spiro atoms. The first-order valence-corrected chi connectivity index (χ1v) is 6.24. The van der Waals surface area contributed by atoms with E-state index in [1.165, 1.54) is 5.56 Å². The summed E-state index contributed by atoms with van der Waals surface area (Å²) in [7, 11) is 1.90. The molecule has 0 N–H and O–H groups in total. The number of hydrogen-bond donors (Lipinski definition) is 0. The third kappa shape index (κ3) is 2.21. The largest absolute Gasteiger partial charge is 0.333 e. The van der Waals surface area contributed by atoms with Crippen molar-refractivity contribution in [2.75, 3.05) is 0 Å². The Bertz CT molecular complexity index is 540. The van der Waals surface area contributed by atoms with Gasteiger partial charge in [-0.2, -0.15) is 0 Å². The number of carbonyl (C=O) groups excluding carboxylic acids is 1. The first-order valence-electron chi connectivity index (χ1n) is 6.24. The van der Waals surface area contributed by atoms with Crippen LogP contribution >= 0.6 is 0 Å². The standard InChI is InChI=1S/C15H18N2O/c1-4-11(2)12-5-7-13(8-6-12)15-14(9-18)16-10-17(15)3/h5-11H,4H2,1-3H3. The van der Waals surface area contributed by atoms with Gasteiger partial charge in [0, 0.05) is 12.6 Å². The van der Waals surface area contributed by atoms with Gasteiger partial charge < -0.3 is 4.57 Å². The highest BCUT2D eigenvalue weighted by molar-refractivity contribution is 5.83. The first-order chi connectivity index (χ1) is 8.67. The minimum atomic E-state index is 0.494. The zero-order valence-electron chi connectivity index (χ0n) is 11.1. The number of carbonyl (C=O) groups is 1. The smallest absolute Gasteiger partial charge is 0.170 e. The molecule has 94 valence electrons. The molecule has 18 heavy (non-hydrogen) atoms. The fraction of sp³-hybridized carbons (Fsp3) is 0.333. The molecule has 2 rings (SSSR count). The van der Waals surface area contributed by atoms with Crippen molar-refractivity contribution in [2.24, 2.45) is 7.05 Å². The van der Waals surface area contributed by atoms with E-state index in [2.05, 4.69) is 43.1 Å². The number of hydrogen-bond acceptors (Lipinski definition) is 2. The predicted octanol–water partition coefficient (Wildman–Crippen LogP) is 3.41. The average molecular weight is 242 g/mol. The Morgan fingerprint density at radius 2 is 2.00 bits per heavy atom. The topological polar surface area (TPSA) is 34.9 Å². The summed E-state index contributed by atoms with van der Waals surface area (Å²) in [5.74, 6) is 0.566. The van der Waals surface area contributed by atoms with Crippen LogP contribution in [-0.4, -0.2) is 15.8 Å². The Morgan fingerprint density at radius 3 is 2.56 bits per heavy atom. The molecule has 1 atom stereocenters. The van der Waals surface area contributed by atoms with Gasteiger partial charge >= 0.3 is 0 Å². The van der Waals surface area contributed by atoms with Crippen LogP contribution in [0.5, 0.6) is 0 Å². The van der Waals surface area contributed by atoms with Gasteiger partial charge in [0.05, 0.1) is 12.0 Å². The lowest BCUT2D eigenvalue weighted by atomic mass is 9.97. The second-order valence-electron chi connectivity index (χ2n) is 4.64. The summed E-state index contributed by atoms with van der Waals surface area (Å²) < 4.78 is 1.88. The number of aldehydes is 1. The molecule has 2 aromatic rings. The summed E-state index contributed by atoms with van der Waals surface area (Å²) in [6.45, 7) is 4.40. The second kappa shape index (κ2) is 5.17. The quantitative estimate of drug-likeness (QED) is 0.770. The summed E-state index contributed by atoms with van der Waals surface area (Å²) in [6.07, 6.45) is 3.60. The van der Waals surface area contributed by atoms with Crippen LogP contribution in [0.1, 0.15) is 42.2 Å². The van der Waals surface area contributed by atoms with Gasteiger partial charge in [-0.1, -0.05) is 38.1 Å². The van der Waals surface area contributed by atoms with E-state index in [-0.39, 0.29) is 0 Å². The van der Waals surface area contributed by atoms with Crippen molar-refractivity contribution in [3.8, 4) is 11.3 Å².